The van der Waals surface area contributed by atoms with E-state index in [0.29, 0.717) is 17.8 Å². The van der Waals surface area contributed by atoms with Gasteiger partial charge in [-0.3, -0.25) is 9.88 Å². The number of nitrogens with zero attached hydrogens (tertiary/aromatic N) is 3. The zero-order chi connectivity index (χ0) is 12.1. The summed E-state index contributed by atoms with van der Waals surface area (Å²) in [5, 5.41) is 0. The van der Waals surface area contributed by atoms with Crippen LogP contribution in [-0.2, 0) is 6.54 Å². The molecule has 1 aromatic rings. The van der Waals surface area contributed by atoms with Crippen LogP contribution < -0.4 is 11.3 Å². The number of rotatable bonds is 5. The van der Waals surface area contributed by atoms with Gasteiger partial charge in [-0.05, 0) is 19.9 Å². The van der Waals surface area contributed by atoms with Gasteiger partial charge in [0.25, 0.3) is 0 Å². The van der Waals surface area contributed by atoms with E-state index in [1.165, 1.54) is 0 Å². The molecule has 0 fully saturated rings. The van der Waals surface area contributed by atoms with Gasteiger partial charge < -0.3 is 5.43 Å². The predicted octanol–water partition coefficient (Wildman–Crippen LogP) is 1.24. The van der Waals surface area contributed by atoms with E-state index in [4.69, 9.17) is 5.84 Å². The second-order valence-electron chi connectivity index (χ2n) is 4.44. The first-order chi connectivity index (χ1) is 7.54. The summed E-state index contributed by atoms with van der Waals surface area (Å²) in [6.45, 7) is 7.45. The van der Waals surface area contributed by atoms with Gasteiger partial charge in [0.1, 0.15) is 0 Å². The third-order valence-electron chi connectivity index (χ3n) is 2.92. The lowest BCUT2D eigenvalue weighted by Crippen LogP contribution is -2.33. The second-order valence-corrected chi connectivity index (χ2v) is 4.44. The Kier molecular flexibility index (Phi) is 4.64. The molecule has 0 aromatic carbocycles. The normalized spacial score (nSPS) is 13.2. The minimum Gasteiger partial charge on any atom is -0.307 e. The standard InChI is InChI=1S/C11H21N5/c1-8(2)9(3)16(4)7-10-5-14-11(15-12)6-13-10/h5-6,8-9H,7,12H2,1-4H3,(H,14,15). The Hall–Kier alpha value is -1.20. The molecule has 0 radical (unpaired) electrons. The van der Waals surface area contributed by atoms with Crippen molar-refractivity contribution in [2.75, 3.05) is 12.5 Å². The summed E-state index contributed by atoms with van der Waals surface area (Å²) >= 11 is 0. The Labute approximate surface area is 97.0 Å². The highest BCUT2D eigenvalue weighted by Crippen LogP contribution is 2.11. The first-order valence-corrected chi connectivity index (χ1v) is 5.52. The monoisotopic (exact) mass is 223 g/mol. The van der Waals surface area contributed by atoms with Crippen LogP contribution in [0.5, 0.6) is 0 Å². The molecule has 16 heavy (non-hydrogen) atoms. The Balaban J connectivity index is 2.59. The topological polar surface area (TPSA) is 67.1 Å². The van der Waals surface area contributed by atoms with Crippen molar-refractivity contribution in [1.29, 1.82) is 0 Å². The van der Waals surface area contributed by atoms with E-state index in [1.54, 1.807) is 12.4 Å². The van der Waals surface area contributed by atoms with Gasteiger partial charge in [-0.2, -0.15) is 0 Å². The highest BCUT2D eigenvalue weighted by molar-refractivity contribution is 5.28. The van der Waals surface area contributed by atoms with E-state index in [9.17, 15) is 0 Å². The quantitative estimate of drug-likeness (QED) is 0.580. The third-order valence-corrected chi connectivity index (χ3v) is 2.92. The van der Waals surface area contributed by atoms with Crippen LogP contribution >= 0.6 is 0 Å². The second kappa shape index (κ2) is 5.77. The average molecular weight is 223 g/mol. The fourth-order valence-electron chi connectivity index (χ4n) is 1.42. The lowest BCUT2D eigenvalue weighted by molar-refractivity contribution is 0.198. The molecule has 1 aromatic heterocycles. The van der Waals surface area contributed by atoms with E-state index in [2.05, 4.69) is 48.1 Å². The zero-order valence-electron chi connectivity index (χ0n) is 10.4. The molecule has 0 saturated heterocycles. The fraction of sp³-hybridized carbons (Fsp3) is 0.636. The Bertz CT molecular complexity index is 309. The van der Waals surface area contributed by atoms with Crippen molar-refractivity contribution >= 4 is 5.82 Å². The largest absolute Gasteiger partial charge is 0.307 e. The molecule has 0 aliphatic rings. The Morgan fingerprint density at radius 3 is 2.44 bits per heavy atom. The third kappa shape index (κ3) is 3.43. The van der Waals surface area contributed by atoms with Crippen LogP contribution in [0.3, 0.4) is 0 Å². The summed E-state index contributed by atoms with van der Waals surface area (Å²) in [6.07, 6.45) is 3.39. The Morgan fingerprint density at radius 2 is 2.00 bits per heavy atom. The summed E-state index contributed by atoms with van der Waals surface area (Å²) in [5.74, 6) is 6.44. The molecule has 1 heterocycles. The summed E-state index contributed by atoms with van der Waals surface area (Å²) < 4.78 is 0. The molecule has 1 atom stereocenters. The molecule has 0 spiro atoms. The molecular formula is C11H21N5. The highest BCUT2D eigenvalue weighted by atomic mass is 15.3. The highest BCUT2D eigenvalue weighted by Gasteiger charge is 2.13. The zero-order valence-corrected chi connectivity index (χ0v) is 10.4. The van der Waals surface area contributed by atoms with Crippen molar-refractivity contribution in [3.8, 4) is 0 Å². The molecule has 0 bridgehead atoms. The molecular weight excluding hydrogens is 202 g/mol. The van der Waals surface area contributed by atoms with Crippen LogP contribution in [0.4, 0.5) is 5.82 Å². The van der Waals surface area contributed by atoms with Crippen LogP contribution in [0.1, 0.15) is 26.5 Å². The van der Waals surface area contributed by atoms with E-state index < -0.39 is 0 Å². The number of nitrogens with two attached hydrogens (primary N) is 1. The number of nitrogens with one attached hydrogen (secondary N) is 1. The van der Waals surface area contributed by atoms with Crippen molar-refractivity contribution in [3.63, 3.8) is 0 Å². The van der Waals surface area contributed by atoms with Crippen molar-refractivity contribution < 1.29 is 0 Å². The summed E-state index contributed by atoms with van der Waals surface area (Å²) in [4.78, 5) is 10.7. The molecule has 0 aliphatic carbocycles. The average Bonchev–Trinajstić information content (AvgIpc) is 2.28. The van der Waals surface area contributed by atoms with Crippen LogP contribution in [-0.4, -0.2) is 28.0 Å². The van der Waals surface area contributed by atoms with E-state index >= 15 is 0 Å². The number of nitrogen functional groups attached to an aromatic ring is 1. The molecule has 0 amide bonds. The number of hydrogen-bond acceptors (Lipinski definition) is 5. The SMILES string of the molecule is CC(C)C(C)N(C)Cc1cnc(NN)cn1. The Morgan fingerprint density at radius 1 is 1.31 bits per heavy atom. The molecule has 0 aliphatic heterocycles. The van der Waals surface area contributed by atoms with Crippen LogP contribution in [0.25, 0.3) is 0 Å². The maximum Gasteiger partial charge on any atom is 0.158 e. The van der Waals surface area contributed by atoms with Gasteiger partial charge in [-0.15, -0.1) is 0 Å². The number of aromatic nitrogens is 2. The molecule has 0 saturated carbocycles. The molecule has 5 heteroatoms. The maximum atomic E-state index is 5.23. The minimum absolute atomic E-state index is 0.522. The van der Waals surface area contributed by atoms with Crippen molar-refractivity contribution in [3.05, 3.63) is 18.1 Å². The number of anilines is 1. The summed E-state index contributed by atoms with van der Waals surface area (Å²) in [7, 11) is 2.10. The van der Waals surface area contributed by atoms with Gasteiger partial charge >= 0.3 is 0 Å². The smallest absolute Gasteiger partial charge is 0.158 e. The lowest BCUT2D eigenvalue weighted by Gasteiger charge is -2.27. The van der Waals surface area contributed by atoms with E-state index in [-0.39, 0.29) is 0 Å². The van der Waals surface area contributed by atoms with Crippen molar-refractivity contribution in [2.24, 2.45) is 11.8 Å². The summed E-state index contributed by atoms with van der Waals surface area (Å²) in [5.41, 5.74) is 3.41. The first-order valence-electron chi connectivity index (χ1n) is 5.52. The molecule has 90 valence electrons. The van der Waals surface area contributed by atoms with Gasteiger partial charge in [0.15, 0.2) is 5.82 Å². The van der Waals surface area contributed by atoms with Crippen molar-refractivity contribution in [2.45, 2.75) is 33.4 Å². The van der Waals surface area contributed by atoms with Crippen LogP contribution in [0.2, 0.25) is 0 Å². The van der Waals surface area contributed by atoms with Gasteiger partial charge in [0.2, 0.25) is 0 Å². The lowest BCUT2D eigenvalue weighted by atomic mass is 10.1. The first kappa shape index (κ1) is 12.9. The van der Waals surface area contributed by atoms with Crippen LogP contribution in [0, 0.1) is 5.92 Å². The van der Waals surface area contributed by atoms with E-state index in [0.717, 1.165) is 12.2 Å². The number of hydrogen-bond donors (Lipinski definition) is 2. The fourth-order valence-corrected chi connectivity index (χ4v) is 1.42. The van der Waals surface area contributed by atoms with Gasteiger partial charge in [-0.1, -0.05) is 13.8 Å². The minimum atomic E-state index is 0.522. The van der Waals surface area contributed by atoms with Crippen molar-refractivity contribution in [1.82, 2.24) is 14.9 Å². The van der Waals surface area contributed by atoms with E-state index in [1.807, 2.05) is 0 Å². The predicted molar refractivity (Wildman–Crippen MR) is 65.6 cm³/mol. The molecule has 3 N–H and O–H groups in total. The van der Waals surface area contributed by atoms with Crippen LogP contribution in [0.15, 0.2) is 12.4 Å². The molecule has 5 nitrogen and oxygen atoms in total. The maximum absolute atomic E-state index is 5.23. The number of hydrazine groups is 1. The molecule has 1 rings (SSSR count). The molecule has 1 unspecified atom stereocenters. The van der Waals surface area contributed by atoms with Gasteiger partial charge in [0.05, 0.1) is 18.1 Å². The summed E-state index contributed by atoms with van der Waals surface area (Å²) in [6, 6.07) is 0.522. The van der Waals surface area contributed by atoms with Gasteiger partial charge in [-0.25, -0.2) is 10.8 Å². The van der Waals surface area contributed by atoms with Gasteiger partial charge in [0, 0.05) is 12.6 Å².